The molecule has 1 saturated heterocycles. The second-order valence-electron chi connectivity index (χ2n) is 7.51. The van der Waals surface area contributed by atoms with E-state index in [1.54, 1.807) is 20.8 Å². The molecular weight excluding hydrogens is 328 g/mol. The molecule has 2 fully saturated rings. The van der Waals surface area contributed by atoms with Crippen molar-refractivity contribution in [3.63, 3.8) is 0 Å². The third-order valence-corrected chi connectivity index (χ3v) is 3.86. The van der Waals surface area contributed by atoms with Crippen molar-refractivity contribution in [1.29, 1.82) is 0 Å². The minimum atomic E-state index is -1.47. The first-order chi connectivity index (χ1) is 11.7. The van der Waals surface area contributed by atoms with Gasteiger partial charge in [0.25, 0.3) is 5.91 Å². The molecule has 0 radical (unpaired) electrons. The second-order valence-corrected chi connectivity index (χ2v) is 7.51. The summed E-state index contributed by atoms with van der Waals surface area (Å²) in [5.74, 6) is -0.555. The maximum Gasteiger partial charge on any atom is 0.408 e. The monoisotopic (exact) mass is 356 g/mol. The first-order valence-electron chi connectivity index (χ1n) is 8.66. The van der Waals surface area contributed by atoms with Crippen molar-refractivity contribution in [3.8, 4) is 0 Å². The molecular formula is C16H28N4O5. The predicted octanol–water partition coefficient (Wildman–Crippen LogP) is -0.0655. The molecule has 0 spiro atoms. The van der Waals surface area contributed by atoms with Crippen LogP contribution in [0, 0.1) is 0 Å². The van der Waals surface area contributed by atoms with Crippen LogP contribution in [0.5, 0.6) is 0 Å². The van der Waals surface area contributed by atoms with Gasteiger partial charge in [-0.3, -0.25) is 4.79 Å². The maximum absolute atomic E-state index is 12.2. The summed E-state index contributed by atoms with van der Waals surface area (Å²) in [4.78, 5) is 37.6. The van der Waals surface area contributed by atoms with Gasteiger partial charge in [0.05, 0.1) is 6.04 Å². The van der Waals surface area contributed by atoms with E-state index >= 15 is 0 Å². The van der Waals surface area contributed by atoms with Crippen LogP contribution in [0.2, 0.25) is 0 Å². The number of amides is 4. The molecule has 1 heterocycles. The highest BCUT2D eigenvalue weighted by atomic mass is 16.6. The molecule has 0 aromatic heterocycles. The van der Waals surface area contributed by atoms with Gasteiger partial charge in [-0.2, -0.15) is 0 Å². The van der Waals surface area contributed by atoms with Gasteiger partial charge in [0.2, 0.25) is 0 Å². The van der Waals surface area contributed by atoms with Crippen LogP contribution in [0.1, 0.15) is 40.0 Å². The molecule has 1 unspecified atom stereocenters. The Morgan fingerprint density at radius 3 is 2.64 bits per heavy atom. The molecule has 142 valence electrons. The minimum Gasteiger partial charge on any atom is -0.444 e. The highest BCUT2D eigenvalue weighted by molar-refractivity contribution is 5.83. The van der Waals surface area contributed by atoms with Gasteiger partial charge in [0, 0.05) is 25.7 Å². The molecule has 1 saturated carbocycles. The summed E-state index contributed by atoms with van der Waals surface area (Å²) in [7, 11) is 0. The highest BCUT2D eigenvalue weighted by Crippen LogP contribution is 2.19. The fourth-order valence-corrected chi connectivity index (χ4v) is 2.47. The van der Waals surface area contributed by atoms with Gasteiger partial charge in [-0.1, -0.05) is 0 Å². The van der Waals surface area contributed by atoms with Crippen LogP contribution < -0.4 is 16.0 Å². The van der Waals surface area contributed by atoms with E-state index in [0.717, 1.165) is 19.3 Å². The van der Waals surface area contributed by atoms with E-state index in [-0.39, 0.29) is 18.6 Å². The van der Waals surface area contributed by atoms with Crippen molar-refractivity contribution in [2.45, 2.75) is 63.8 Å². The smallest absolute Gasteiger partial charge is 0.408 e. The number of aliphatic hydroxyl groups excluding tert-OH is 1. The van der Waals surface area contributed by atoms with Gasteiger partial charge in [0.1, 0.15) is 5.60 Å². The number of rotatable bonds is 6. The average molecular weight is 356 g/mol. The van der Waals surface area contributed by atoms with E-state index in [1.807, 2.05) is 0 Å². The van der Waals surface area contributed by atoms with Gasteiger partial charge in [-0.05, 0) is 40.0 Å². The first-order valence-corrected chi connectivity index (χ1v) is 8.66. The molecule has 0 aromatic carbocycles. The van der Waals surface area contributed by atoms with Crippen molar-refractivity contribution in [1.82, 2.24) is 20.9 Å². The number of alkyl carbamates (subject to hydrolysis) is 1. The zero-order valence-electron chi connectivity index (χ0n) is 15.0. The lowest BCUT2D eigenvalue weighted by atomic mass is 10.1. The van der Waals surface area contributed by atoms with Crippen LogP contribution in [-0.4, -0.2) is 71.5 Å². The number of carbonyl (C=O) groups is 3. The molecule has 4 N–H and O–H groups in total. The lowest BCUT2D eigenvalue weighted by Gasteiger charge is -2.33. The predicted molar refractivity (Wildman–Crippen MR) is 89.9 cm³/mol. The SMILES string of the molecule is CC(C)(C)OC(=O)N[C@@H](CN1CCCNC1=O)C(O)C(=O)NC1CC1. The van der Waals surface area contributed by atoms with Crippen molar-refractivity contribution < 1.29 is 24.2 Å². The van der Waals surface area contributed by atoms with Crippen LogP contribution in [0.25, 0.3) is 0 Å². The molecule has 2 rings (SSSR count). The number of hydrogen-bond acceptors (Lipinski definition) is 5. The summed E-state index contributed by atoms with van der Waals surface area (Å²) >= 11 is 0. The van der Waals surface area contributed by atoms with E-state index in [9.17, 15) is 19.5 Å². The van der Waals surface area contributed by atoms with Crippen molar-refractivity contribution in [3.05, 3.63) is 0 Å². The molecule has 2 aliphatic rings. The van der Waals surface area contributed by atoms with Crippen molar-refractivity contribution >= 4 is 18.0 Å². The summed E-state index contributed by atoms with van der Waals surface area (Å²) in [6, 6.07) is -1.16. The topological polar surface area (TPSA) is 120 Å². The second kappa shape index (κ2) is 7.90. The molecule has 1 aliphatic heterocycles. The van der Waals surface area contributed by atoms with E-state index in [0.29, 0.717) is 13.1 Å². The third-order valence-electron chi connectivity index (χ3n) is 3.86. The number of nitrogens with one attached hydrogen (secondary N) is 3. The van der Waals surface area contributed by atoms with E-state index in [2.05, 4.69) is 16.0 Å². The number of ether oxygens (including phenoxy) is 1. The summed E-state index contributed by atoms with van der Waals surface area (Å²) in [5.41, 5.74) is -0.710. The molecule has 1 aliphatic carbocycles. The van der Waals surface area contributed by atoms with Gasteiger partial charge in [-0.25, -0.2) is 9.59 Å². The quantitative estimate of drug-likeness (QED) is 0.531. The standard InChI is InChI=1S/C16H28N4O5/c1-16(2,3)25-15(24)19-11(9-20-8-4-7-17-14(20)23)12(21)13(22)18-10-5-6-10/h10-12,21H,4-9H2,1-3H3,(H,17,23)(H,18,22)(H,19,24)/t11-,12?/m0/s1. The summed E-state index contributed by atoms with van der Waals surface area (Å²) in [6.45, 7) is 6.26. The van der Waals surface area contributed by atoms with Crippen molar-refractivity contribution in [2.75, 3.05) is 19.6 Å². The molecule has 9 nitrogen and oxygen atoms in total. The Hall–Kier alpha value is -2.03. The molecule has 9 heteroatoms. The molecule has 2 atom stereocenters. The maximum atomic E-state index is 12.2. The Morgan fingerprint density at radius 2 is 2.08 bits per heavy atom. The zero-order chi connectivity index (χ0) is 18.6. The number of hydrogen-bond donors (Lipinski definition) is 4. The lowest BCUT2D eigenvalue weighted by molar-refractivity contribution is -0.131. The van der Waals surface area contributed by atoms with Crippen LogP contribution in [0.15, 0.2) is 0 Å². The Labute approximate surface area is 147 Å². The fourth-order valence-electron chi connectivity index (χ4n) is 2.47. The fraction of sp³-hybridized carbons (Fsp3) is 0.812. The normalized spacial score (nSPS) is 20.3. The van der Waals surface area contributed by atoms with Crippen LogP contribution >= 0.6 is 0 Å². The largest absolute Gasteiger partial charge is 0.444 e. The van der Waals surface area contributed by atoms with Crippen molar-refractivity contribution in [2.24, 2.45) is 0 Å². The highest BCUT2D eigenvalue weighted by Gasteiger charge is 2.35. The first kappa shape index (κ1) is 19.3. The minimum absolute atomic E-state index is 0.0182. The number of aliphatic hydroxyl groups is 1. The molecule has 25 heavy (non-hydrogen) atoms. The van der Waals surface area contributed by atoms with Crippen LogP contribution in [0.4, 0.5) is 9.59 Å². The summed E-state index contributed by atoms with van der Waals surface area (Å²) in [5, 5.41) is 18.3. The van der Waals surface area contributed by atoms with Crippen LogP contribution in [-0.2, 0) is 9.53 Å². The molecule has 0 bridgehead atoms. The van der Waals surface area contributed by atoms with E-state index in [4.69, 9.17) is 4.74 Å². The van der Waals surface area contributed by atoms with Gasteiger partial charge in [0.15, 0.2) is 6.10 Å². The van der Waals surface area contributed by atoms with Gasteiger partial charge < -0.3 is 30.7 Å². The molecule has 4 amide bonds. The van der Waals surface area contributed by atoms with Gasteiger partial charge >= 0.3 is 12.1 Å². The lowest BCUT2D eigenvalue weighted by Crippen LogP contribution is -2.59. The number of carbonyl (C=O) groups excluding carboxylic acids is 3. The zero-order valence-corrected chi connectivity index (χ0v) is 15.0. The van der Waals surface area contributed by atoms with Crippen LogP contribution in [0.3, 0.4) is 0 Å². The third kappa shape index (κ3) is 6.41. The number of nitrogens with zero attached hydrogens (tertiary/aromatic N) is 1. The Kier molecular flexibility index (Phi) is 6.10. The Morgan fingerprint density at radius 1 is 1.40 bits per heavy atom. The summed E-state index contributed by atoms with van der Waals surface area (Å²) in [6.07, 6.45) is 0.319. The average Bonchev–Trinajstić information content (AvgIpc) is 3.30. The van der Waals surface area contributed by atoms with E-state index in [1.165, 1.54) is 4.90 Å². The molecule has 0 aromatic rings. The Bertz CT molecular complexity index is 515. The Balaban J connectivity index is 2.01. The summed E-state index contributed by atoms with van der Waals surface area (Å²) < 4.78 is 5.20. The van der Waals surface area contributed by atoms with Gasteiger partial charge in [-0.15, -0.1) is 0 Å². The van der Waals surface area contributed by atoms with E-state index < -0.39 is 29.7 Å². The number of urea groups is 1.